The summed E-state index contributed by atoms with van der Waals surface area (Å²) in [6.07, 6.45) is 6.80. The monoisotopic (exact) mass is 206 g/mol. The lowest BCUT2D eigenvalue weighted by Crippen LogP contribution is -2.21. The van der Waals surface area contributed by atoms with E-state index in [1.165, 1.54) is 0 Å². The molecule has 0 saturated carbocycles. The van der Waals surface area contributed by atoms with Crippen LogP contribution >= 0.6 is 0 Å². The van der Waals surface area contributed by atoms with Crippen LogP contribution in [0.2, 0.25) is 0 Å². The summed E-state index contributed by atoms with van der Waals surface area (Å²) in [6.45, 7) is 4.91. The third kappa shape index (κ3) is 2.44. The van der Waals surface area contributed by atoms with Gasteiger partial charge in [-0.15, -0.1) is 0 Å². The van der Waals surface area contributed by atoms with Crippen molar-refractivity contribution < 1.29 is 4.42 Å². The van der Waals surface area contributed by atoms with Gasteiger partial charge in [-0.3, -0.25) is 4.57 Å². The van der Waals surface area contributed by atoms with Crippen molar-refractivity contribution >= 4 is 0 Å². The van der Waals surface area contributed by atoms with Crippen LogP contribution in [0.4, 0.5) is 0 Å². The third-order valence-corrected chi connectivity index (χ3v) is 1.96. The average molecular weight is 206 g/mol. The molecule has 2 aromatic rings. The van der Waals surface area contributed by atoms with E-state index in [2.05, 4.69) is 29.1 Å². The zero-order valence-corrected chi connectivity index (χ0v) is 8.84. The van der Waals surface area contributed by atoms with E-state index < -0.39 is 0 Å². The first-order valence-electron chi connectivity index (χ1n) is 4.92. The van der Waals surface area contributed by atoms with E-state index in [1.54, 1.807) is 29.6 Å². The first kappa shape index (κ1) is 9.92. The highest BCUT2D eigenvalue weighted by Crippen LogP contribution is 2.07. The molecule has 0 aliphatic rings. The first-order valence-corrected chi connectivity index (χ1v) is 4.92. The molecule has 15 heavy (non-hydrogen) atoms. The molecule has 5 heteroatoms. The highest BCUT2D eigenvalue weighted by Gasteiger charge is 2.05. The van der Waals surface area contributed by atoms with Crippen molar-refractivity contribution in [2.75, 3.05) is 0 Å². The molecule has 0 amide bonds. The second kappa shape index (κ2) is 4.27. The van der Waals surface area contributed by atoms with Crippen molar-refractivity contribution in [1.82, 2.24) is 19.9 Å². The van der Waals surface area contributed by atoms with Crippen molar-refractivity contribution in [2.45, 2.75) is 26.4 Å². The summed E-state index contributed by atoms with van der Waals surface area (Å²) in [7, 11) is 0. The standard InChI is InChI=1S/C10H14N4O/c1-8(2)12-5-9-6-15-10(13-9)14-4-3-11-7-14/h3-4,6-8,12H,5H2,1-2H3. The zero-order valence-electron chi connectivity index (χ0n) is 8.84. The molecule has 2 heterocycles. The molecule has 0 saturated heterocycles. The van der Waals surface area contributed by atoms with Crippen molar-refractivity contribution in [3.8, 4) is 6.01 Å². The average Bonchev–Trinajstić information content (AvgIpc) is 2.85. The minimum Gasteiger partial charge on any atom is -0.431 e. The highest BCUT2D eigenvalue weighted by molar-refractivity contribution is 5.09. The lowest BCUT2D eigenvalue weighted by Gasteiger charge is -2.03. The predicted molar refractivity (Wildman–Crippen MR) is 55.6 cm³/mol. The molecule has 5 nitrogen and oxygen atoms in total. The van der Waals surface area contributed by atoms with Gasteiger partial charge in [-0.1, -0.05) is 13.8 Å². The van der Waals surface area contributed by atoms with E-state index in [0.29, 0.717) is 12.1 Å². The summed E-state index contributed by atoms with van der Waals surface area (Å²) in [4.78, 5) is 8.25. The van der Waals surface area contributed by atoms with Crippen molar-refractivity contribution in [1.29, 1.82) is 0 Å². The Kier molecular flexibility index (Phi) is 2.82. The van der Waals surface area contributed by atoms with Crippen LogP contribution in [0.1, 0.15) is 19.5 Å². The van der Waals surface area contributed by atoms with Gasteiger partial charge in [0.25, 0.3) is 0 Å². The second-order valence-corrected chi connectivity index (χ2v) is 3.63. The van der Waals surface area contributed by atoms with Crippen LogP contribution in [0.5, 0.6) is 0 Å². The maximum absolute atomic E-state index is 5.31. The molecule has 0 spiro atoms. The Morgan fingerprint density at radius 1 is 1.53 bits per heavy atom. The summed E-state index contributed by atoms with van der Waals surface area (Å²) in [6, 6.07) is 0.992. The van der Waals surface area contributed by atoms with E-state index in [4.69, 9.17) is 4.42 Å². The summed E-state index contributed by atoms with van der Waals surface area (Å²) < 4.78 is 7.05. The van der Waals surface area contributed by atoms with Crippen LogP contribution in [0.15, 0.2) is 29.4 Å². The lowest BCUT2D eigenvalue weighted by atomic mass is 10.4. The molecular weight excluding hydrogens is 192 g/mol. The van der Waals surface area contributed by atoms with Crippen molar-refractivity contribution in [3.05, 3.63) is 30.7 Å². The normalized spacial score (nSPS) is 11.1. The Labute approximate surface area is 88.2 Å². The van der Waals surface area contributed by atoms with E-state index in [1.807, 2.05) is 0 Å². The number of oxazole rings is 1. The van der Waals surface area contributed by atoms with E-state index in [9.17, 15) is 0 Å². The quantitative estimate of drug-likeness (QED) is 0.820. The van der Waals surface area contributed by atoms with Crippen LogP contribution in [-0.4, -0.2) is 20.6 Å². The van der Waals surface area contributed by atoms with Crippen molar-refractivity contribution in [3.63, 3.8) is 0 Å². The fourth-order valence-electron chi connectivity index (χ4n) is 1.18. The molecule has 2 rings (SSSR count). The minimum atomic E-state index is 0.443. The fraction of sp³-hybridized carbons (Fsp3) is 0.400. The molecule has 0 atom stereocenters. The molecule has 0 radical (unpaired) electrons. The number of hydrogen-bond acceptors (Lipinski definition) is 4. The van der Waals surface area contributed by atoms with Crippen LogP contribution in [-0.2, 0) is 6.54 Å². The number of nitrogens with zero attached hydrogens (tertiary/aromatic N) is 3. The second-order valence-electron chi connectivity index (χ2n) is 3.63. The van der Waals surface area contributed by atoms with E-state index in [0.717, 1.165) is 12.2 Å². The first-order chi connectivity index (χ1) is 7.25. The van der Waals surface area contributed by atoms with Gasteiger partial charge in [0.2, 0.25) is 0 Å². The van der Waals surface area contributed by atoms with Gasteiger partial charge in [0.1, 0.15) is 12.6 Å². The lowest BCUT2D eigenvalue weighted by molar-refractivity contribution is 0.524. The Hall–Kier alpha value is -1.62. The molecule has 0 aromatic carbocycles. The predicted octanol–water partition coefficient (Wildman–Crippen LogP) is 1.36. The number of nitrogens with one attached hydrogen (secondary N) is 1. The van der Waals surface area contributed by atoms with Gasteiger partial charge in [-0.2, -0.15) is 4.98 Å². The number of aromatic nitrogens is 3. The van der Waals surface area contributed by atoms with Crippen LogP contribution in [0.3, 0.4) is 0 Å². The summed E-state index contributed by atoms with van der Waals surface area (Å²) in [5.41, 5.74) is 0.896. The molecule has 0 bridgehead atoms. The molecule has 0 aliphatic heterocycles. The third-order valence-electron chi connectivity index (χ3n) is 1.96. The maximum Gasteiger partial charge on any atom is 0.307 e. The number of hydrogen-bond donors (Lipinski definition) is 1. The largest absolute Gasteiger partial charge is 0.431 e. The summed E-state index contributed by atoms with van der Waals surface area (Å²) in [5, 5.41) is 3.27. The maximum atomic E-state index is 5.31. The van der Waals surface area contributed by atoms with Gasteiger partial charge in [0, 0.05) is 25.0 Å². The molecule has 1 N–H and O–H groups in total. The number of rotatable bonds is 4. The smallest absolute Gasteiger partial charge is 0.307 e. The molecule has 80 valence electrons. The van der Waals surface area contributed by atoms with Gasteiger partial charge in [-0.05, 0) is 0 Å². The summed E-state index contributed by atoms with van der Waals surface area (Å²) >= 11 is 0. The zero-order chi connectivity index (χ0) is 10.7. The van der Waals surface area contributed by atoms with Crippen LogP contribution < -0.4 is 5.32 Å². The van der Waals surface area contributed by atoms with Crippen molar-refractivity contribution in [2.24, 2.45) is 0 Å². The molecule has 2 aromatic heterocycles. The molecule has 0 unspecified atom stereocenters. The van der Waals surface area contributed by atoms with E-state index in [-0.39, 0.29) is 0 Å². The molecular formula is C10H14N4O. The fourth-order valence-corrected chi connectivity index (χ4v) is 1.18. The van der Waals surface area contributed by atoms with Gasteiger partial charge in [0.05, 0.1) is 5.69 Å². The van der Waals surface area contributed by atoms with Gasteiger partial charge in [-0.25, -0.2) is 4.98 Å². The van der Waals surface area contributed by atoms with E-state index >= 15 is 0 Å². The van der Waals surface area contributed by atoms with Crippen LogP contribution in [0, 0.1) is 0 Å². The minimum absolute atomic E-state index is 0.443. The highest BCUT2D eigenvalue weighted by atomic mass is 16.4. The molecule has 0 aliphatic carbocycles. The Morgan fingerprint density at radius 3 is 3.07 bits per heavy atom. The Morgan fingerprint density at radius 2 is 2.40 bits per heavy atom. The Bertz CT molecular complexity index is 405. The van der Waals surface area contributed by atoms with Crippen LogP contribution in [0.25, 0.3) is 6.01 Å². The topological polar surface area (TPSA) is 55.9 Å². The Balaban J connectivity index is 2.04. The summed E-state index contributed by atoms with van der Waals surface area (Å²) in [5.74, 6) is 0. The SMILES string of the molecule is CC(C)NCc1coc(-n2ccnc2)n1. The van der Waals surface area contributed by atoms with Gasteiger partial charge in [0.15, 0.2) is 0 Å². The van der Waals surface area contributed by atoms with Gasteiger partial charge >= 0.3 is 6.01 Å². The van der Waals surface area contributed by atoms with Gasteiger partial charge < -0.3 is 9.73 Å². The number of imidazole rings is 1. The molecule has 0 fully saturated rings.